The number of halogens is 1. The second-order valence-corrected chi connectivity index (χ2v) is 4.63. The van der Waals surface area contributed by atoms with Gasteiger partial charge in [-0.15, -0.1) is 0 Å². The van der Waals surface area contributed by atoms with Gasteiger partial charge >= 0.3 is 5.69 Å². The highest BCUT2D eigenvalue weighted by atomic mass is 19.1. The third-order valence-electron chi connectivity index (χ3n) is 2.95. The van der Waals surface area contributed by atoms with Crippen LogP contribution in [-0.4, -0.2) is 9.13 Å². The molecule has 2 rings (SSSR count). The molecule has 2 aromatic rings. The molecule has 0 spiro atoms. The fourth-order valence-corrected chi connectivity index (χ4v) is 1.89. The van der Waals surface area contributed by atoms with Crippen molar-refractivity contribution in [2.24, 2.45) is 0 Å². The Balaban J connectivity index is 2.37. The number of aromatic nitrogens is 2. The third-order valence-corrected chi connectivity index (χ3v) is 2.95. The van der Waals surface area contributed by atoms with E-state index in [0.717, 1.165) is 0 Å². The van der Waals surface area contributed by atoms with Gasteiger partial charge in [-0.2, -0.15) is 5.26 Å². The monoisotopic (exact) mass is 259 g/mol. The van der Waals surface area contributed by atoms with Gasteiger partial charge in [0, 0.05) is 24.0 Å². The van der Waals surface area contributed by atoms with E-state index in [1.54, 1.807) is 17.0 Å². The molecule has 0 aliphatic rings. The molecule has 0 atom stereocenters. The maximum Gasteiger partial charge on any atom is 0.328 e. The van der Waals surface area contributed by atoms with Crippen LogP contribution in [0.15, 0.2) is 35.4 Å². The Hall–Kier alpha value is -2.35. The van der Waals surface area contributed by atoms with Crippen LogP contribution in [0.4, 0.5) is 4.39 Å². The summed E-state index contributed by atoms with van der Waals surface area (Å²) < 4.78 is 16.7. The lowest BCUT2D eigenvalue weighted by Crippen LogP contribution is -2.25. The van der Waals surface area contributed by atoms with E-state index in [0.29, 0.717) is 11.1 Å². The van der Waals surface area contributed by atoms with Crippen molar-refractivity contribution in [3.63, 3.8) is 0 Å². The predicted octanol–water partition coefficient (Wildman–Crippen LogP) is 2.29. The smallest absolute Gasteiger partial charge is 0.297 e. The summed E-state index contributed by atoms with van der Waals surface area (Å²) in [5, 5.41) is 8.81. The van der Waals surface area contributed by atoms with Gasteiger partial charge in [0.25, 0.3) is 0 Å². The number of rotatable bonds is 3. The van der Waals surface area contributed by atoms with Gasteiger partial charge in [-0.1, -0.05) is 0 Å². The minimum atomic E-state index is -0.414. The largest absolute Gasteiger partial charge is 0.328 e. The molecule has 0 N–H and O–H groups in total. The molecular weight excluding hydrogens is 245 g/mol. The molecule has 1 aromatic carbocycles. The molecule has 0 radical (unpaired) electrons. The van der Waals surface area contributed by atoms with Crippen molar-refractivity contribution in [1.82, 2.24) is 9.13 Å². The molecule has 0 amide bonds. The number of hydrogen-bond acceptors (Lipinski definition) is 2. The van der Waals surface area contributed by atoms with Crippen LogP contribution >= 0.6 is 0 Å². The molecule has 98 valence electrons. The lowest BCUT2D eigenvalue weighted by molar-refractivity contribution is 0.553. The van der Waals surface area contributed by atoms with Gasteiger partial charge in [0.05, 0.1) is 18.2 Å². The maximum absolute atomic E-state index is 13.7. The Labute approximate surface area is 110 Å². The fourth-order valence-electron chi connectivity index (χ4n) is 1.89. The highest BCUT2D eigenvalue weighted by Gasteiger charge is 2.09. The molecule has 1 aromatic heterocycles. The van der Waals surface area contributed by atoms with Gasteiger partial charge in [-0.05, 0) is 32.0 Å². The number of hydrogen-bond donors (Lipinski definition) is 0. The van der Waals surface area contributed by atoms with Gasteiger partial charge < -0.3 is 0 Å². The van der Waals surface area contributed by atoms with Crippen LogP contribution in [0.3, 0.4) is 0 Å². The summed E-state index contributed by atoms with van der Waals surface area (Å²) in [6.07, 6.45) is 3.31. The molecule has 19 heavy (non-hydrogen) atoms. The van der Waals surface area contributed by atoms with Crippen molar-refractivity contribution >= 4 is 0 Å². The van der Waals surface area contributed by atoms with Crippen LogP contribution in [0.25, 0.3) is 0 Å². The van der Waals surface area contributed by atoms with Gasteiger partial charge in [0.15, 0.2) is 0 Å². The number of nitrogens with zero attached hydrogens (tertiary/aromatic N) is 3. The Bertz CT molecular complexity index is 691. The van der Waals surface area contributed by atoms with Crippen molar-refractivity contribution in [3.05, 3.63) is 58.0 Å². The first kappa shape index (κ1) is 13.1. The summed E-state index contributed by atoms with van der Waals surface area (Å²) in [6.45, 7) is 3.94. The Kier molecular flexibility index (Phi) is 3.52. The predicted molar refractivity (Wildman–Crippen MR) is 69.3 cm³/mol. The summed E-state index contributed by atoms with van der Waals surface area (Å²) in [5.41, 5.74) is 0.534. The highest BCUT2D eigenvalue weighted by molar-refractivity contribution is 5.33. The van der Waals surface area contributed by atoms with E-state index in [2.05, 4.69) is 0 Å². The van der Waals surface area contributed by atoms with E-state index in [1.165, 1.54) is 22.8 Å². The summed E-state index contributed by atoms with van der Waals surface area (Å²) in [4.78, 5) is 12.0. The van der Waals surface area contributed by atoms with Crippen molar-refractivity contribution in [1.29, 1.82) is 5.26 Å². The zero-order valence-electron chi connectivity index (χ0n) is 10.8. The van der Waals surface area contributed by atoms with Crippen molar-refractivity contribution in [2.75, 3.05) is 0 Å². The molecule has 0 bridgehead atoms. The molecule has 0 fully saturated rings. The molecule has 5 heteroatoms. The standard InChI is InChI=1S/C14H14FN3O/c1-10(2)18-6-5-17(14(18)19)9-12-7-11(8-16)3-4-13(12)15/h3-7,10H,9H2,1-2H3. The highest BCUT2D eigenvalue weighted by Crippen LogP contribution is 2.11. The zero-order chi connectivity index (χ0) is 14.0. The zero-order valence-corrected chi connectivity index (χ0v) is 10.8. The van der Waals surface area contributed by atoms with Crippen LogP contribution < -0.4 is 5.69 Å². The molecule has 1 heterocycles. The van der Waals surface area contributed by atoms with Gasteiger partial charge in [-0.3, -0.25) is 9.13 Å². The maximum atomic E-state index is 13.7. The van der Waals surface area contributed by atoms with E-state index in [1.807, 2.05) is 19.9 Å². The number of nitriles is 1. The van der Waals surface area contributed by atoms with Gasteiger partial charge in [0.1, 0.15) is 5.82 Å². The first-order valence-corrected chi connectivity index (χ1v) is 5.98. The Morgan fingerprint density at radius 1 is 1.37 bits per heavy atom. The molecule has 0 saturated carbocycles. The quantitative estimate of drug-likeness (QED) is 0.849. The van der Waals surface area contributed by atoms with Crippen LogP contribution in [0.5, 0.6) is 0 Å². The van der Waals surface area contributed by atoms with Crippen LogP contribution in [0, 0.1) is 17.1 Å². The first-order valence-electron chi connectivity index (χ1n) is 5.98. The lowest BCUT2D eigenvalue weighted by Gasteiger charge is -2.06. The molecule has 0 aliphatic heterocycles. The average molecular weight is 259 g/mol. The topological polar surface area (TPSA) is 50.7 Å². The van der Waals surface area contributed by atoms with Crippen molar-refractivity contribution in [3.8, 4) is 6.07 Å². The van der Waals surface area contributed by atoms with Gasteiger partial charge in [-0.25, -0.2) is 9.18 Å². The SMILES string of the molecule is CC(C)n1ccn(Cc2cc(C#N)ccc2F)c1=O. The molecular formula is C14H14FN3O. The van der Waals surface area contributed by atoms with E-state index in [4.69, 9.17) is 5.26 Å². The van der Waals surface area contributed by atoms with E-state index in [9.17, 15) is 9.18 Å². The minimum Gasteiger partial charge on any atom is -0.297 e. The second kappa shape index (κ2) is 5.11. The van der Waals surface area contributed by atoms with Crippen LogP contribution in [-0.2, 0) is 6.54 Å². The minimum absolute atomic E-state index is 0.0593. The fraction of sp³-hybridized carbons (Fsp3) is 0.286. The van der Waals surface area contributed by atoms with Crippen LogP contribution in [0.2, 0.25) is 0 Å². The van der Waals surface area contributed by atoms with E-state index < -0.39 is 5.82 Å². The molecule has 4 nitrogen and oxygen atoms in total. The summed E-state index contributed by atoms with van der Waals surface area (Å²) in [6, 6.07) is 6.15. The average Bonchev–Trinajstić information content (AvgIpc) is 2.74. The number of benzene rings is 1. The molecule has 0 aliphatic carbocycles. The molecule has 0 saturated heterocycles. The van der Waals surface area contributed by atoms with Crippen molar-refractivity contribution < 1.29 is 4.39 Å². The number of imidazole rings is 1. The van der Waals surface area contributed by atoms with Crippen molar-refractivity contribution in [2.45, 2.75) is 26.4 Å². The second-order valence-electron chi connectivity index (χ2n) is 4.63. The third kappa shape index (κ3) is 2.58. The summed E-state index contributed by atoms with van der Waals surface area (Å²) in [7, 11) is 0. The first-order chi connectivity index (χ1) is 9.02. The van der Waals surface area contributed by atoms with Crippen LogP contribution in [0.1, 0.15) is 31.0 Å². The lowest BCUT2D eigenvalue weighted by atomic mass is 10.1. The van der Waals surface area contributed by atoms with E-state index in [-0.39, 0.29) is 18.3 Å². The molecule has 0 unspecified atom stereocenters. The van der Waals surface area contributed by atoms with Gasteiger partial charge in [0.2, 0.25) is 0 Å². The Morgan fingerprint density at radius 2 is 2.11 bits per heavy atom. The summed E-state index contributed by atoms with van der Waals surface area (Å²) in [5.74, 6) is -0.414. The summed E-state index contributed by atoms with van der Waals surface area (Å²) >= 11 is 0. The normalized spacial score (nSPS) is 10.7. The Morgan fingerprint density at radius 3 is 2.68 bits per heavy atom. The van der Waals surface area contributed by atoms with E-state index >= 15 is 0 Å².